The second-order valence-electron chi connectivity index (χ2n) is 13.2. The summed E-state index contributed by atoms with van der Waals surface area (Å²) >= 11 is 7.10. The highest BCUT2D eigenvalue weighted by Crippen LogP contribution is 2.31. The SMILES string of the molecule is CCCCCCCC(CCC(Cl)C(C(=O)c1ccc(OC)cc1)N1C(=O)C(OCCN)N(Cc2ccccc2)C1=O)OC(=O)CC(=O)Nc1ccccc1. The number of methoxy groups -OCH3 is 1. The van der Waals surface area contributed by atoms with E-state index in [1.54, 1.807) is 48.5 Å². The molecule has 3 N–H and O–H groups in total. The third-order valence-electron chi connectivity index (χ3n) is 9.09. The summed E-state index contributed by atoms with van der Waals surface area (Å²) in [4.78, 5) is 70.4. The van der Waals surface area contributed by atoms with Crippen molar-refractivity contribution in [1.82, 2.24) is 9.80 Å². The zero-order valence-corrected chi connectivity index (χ0v) is 31.7. The number of nitrogens with zero attached hydrogens (tertiary/aromatic N) is 2. The molecule has 4 rings (SSSR count). The molecule has 1 fully saturated rings. The van der Waals surface area contributed by atoms with E-state index in [2.05, 4.69) is 12.2 Å². The van der Waals surface area contributed by atoms with Crippen molar-refractivity contribution in [2.75, 3.05) is 25.6 Å². The molecule has 4 unspecified atom stereocenters. The number of Topliss-reactive ketones (excluding diaryl/α,β-unsaturated/α-hetero) is 1. The molecule has 0 aromatic heterocycles. The number of carbonyl (C=O) groups excluding carboxylic acids is 5. The quantitative estimate of drug-likeness (QED) is 0.0268. The van der Waals surface area contributed by atoms with E-state index in [1.807, 2.05) is 36.4 Å². The van der Waals surface area contributed by atoms with Gasteiger partial charge in [-0.05, 0) is 67.6 Å². The number of ketones is 1. The van der Waals surface area contributed by atoms with E-state index in [-0.39, 0.29) is 38.1 Å². The molecule has 13 heteroatoms. The summed E-state index contributed by atoms with van der Waals surface area (Å²) in [7, 11) is 1.50. The van der Waals surface area contributed by atoms with E-state index in [4.69, 9.17) is 31.5 Å². The highest BCUT2D eigenvalue weighted by Gasteiger charge is 2.52. The fourth-order valence-electron chi connectivity index (χ4n) is 6.31. The van der Waals surface area contributed by atoms with Crippen molar-refractivity contribution >= 4 is 46.9 Å². The second-order valence-corrected chi connectivity index (χ2v) is 13.7. The molecule has 290 valence electrons. The summed E-state index contributed by atoms with van der Waals surface area (Å²) in [5, 5.41) is 1.61. The first-order valence-corrected chi connectivity index (χ1v) is 19.0. The number of urea groups is 1. The number of unbranched alkanes of at least 4 members (excludes halogenated alkanes) is 4. The number of hydrogen-bond acceptors (Lipinski definition) is 9. The lowest BCUT2D eigenvalue weighted by molar-refractivity contribution is -0.151. The van der Waals surface area contributed by atoms with E-state index in [1.165, 1.54) is 12.0 Å². The molecule has 1 saturated heterocycles. The third-order valence-corrected chi connectivity index (χ3v) is 9.55. The smallest absolute Gasteiger partial charge is 0.330 e. The van der Waals surface area contributed by atoms with E-state index >= 15 is 0 Å². The number of nitrogens with two attached hydrogens (primary N) is 1. The van der Waals surface area contributed by atoms with Gasteiger partial charge in [0.15, 0.2) is 5.78 Å². The Labute approximate surface area is 322 Å². The van der Waals surface area contributed by atoms with E-state index in [0.717, 1.165) is 42.6 Å². The Morgan fingerprint density at radius 1 is 0.870 bits per heavy atom. The standard InChI is InChI=1S/C41H51ClN4O8/c1-3-4-5-6-13-18-33(54-36(48)27-35(47)44-31-16-11-8-12-17-31)23-24-34(42)37(38(49)30-19-21-32(52-2)22-20-30)46-39(50)40(53-26-25-43)45(41(46)51)28-29-14-9-7-10-15-29/h7-12,14-17,19-22,33-34,37,40H,3-6,13,18,23-28,43H2,1-2H3,(H,44,47). The largest absolute Gasteiger partial charge is 0.497 e. The van der Waals surface area contributed by atoms with Gasteiger partial charge >= 0.3 is 12.0 Å². The van der Waals surface area contributed by atoms with Gasteiger partial charge in [0.25, 0.3) is 5.91 Å². The number of rotatable bonds is 23. The summed E-state index contributed by atoms with van der Waals surface area (Å²) in [6, 6.07) is 22.1. The van der Waals surface area contributed by atoms with Crippen molar-refractivity contribution in [3.8, 4) is 5.75 Å². The summed E-state index contributed by atoms with van der Waals surface area (Å²) in [6.45, 7) is 2.27. The van der Waals surface area contributed by atoms with Crippen LogP contribution in [0.15, 0.2) is 84.9 Å². The highest BCUT2D eigenvalue weighted by molar-refractivity contribution is 6.25. The number of ether oxygens (including phenoxy) is 3. The molecule has 4 amide bonds. The summed E-state index contributed by atoms with van der Waals surface area (Å²) < 4.78 is 16.9. The maximum Gasteiger partial charge on any atom is 0.330 e. The Bertz CT molecular complexity index is 1660. The van der Waals surface area contributed by atoms with Crippen LogP contribution in [0.25, 0.3) is 0 Å². The van der Waals surface area contributed by atoms with Gasteiger partial charge in [0.05, 0.1) is 25.6 Å². The molecule has 0 saturated carbocycles. The van der Waals surface area contributed by atoms with Crippen LogP contribution in [0, 0.1) is 0 Å². The van der Waals surface area contributed by atoms with Crippen LogP contribution < -0.4 is 15.8 Å². The van der Waals surface area contributed by atoms with Gasteiger partial charge in [0, 0.05) is 17.8 Å². The Hall–Kier alpha value is -4.78. The van der Waals surface area contributed by atoms with Crippen LogP contribution in [0.5, 0.6) is 5.75 Å². The van der Waals surface area contributed by atoms with Crippen LogP contribution in [0.4, 0.5) is 10.5 Å². The number of amides is 4. The number of carbonyl (C=O) groups is 5. The lowest BCUT2D eigenvalue weighted by atomic mass is 9.95. The third kappa shape index (κ3) is 12.1. The number of imide groups is 1. The first-order valence-electron chi connectivity index (χ1n) is 18.5. The predicted molar refractivity (Wildman–Crippen MR) is 206 cm³/mol. The van der Waals surface area contributed by atoms with Crippen LogP contribution in [0.1, 0.15) is 80.6 Å². The van der Waals surface area contributed by atoms with Crippen molar-refractivity contribution in [3.05, 3.63) is 96.1 Å². The number of halogens is 1. The lowest BCUT2D eigenvalue weighted by Gasteiger charge is -2.29. The average molecular weight is 763 g/mol. The number of hydrogen-bond donors (Lipinski definition) is 2. The fourth-order valence-corrected chi connectivity index (χ4v) is 6.66. The zero-order valence-electron chi connectivity index (χ0n) is 31.0. The zero-order chi connectivity index (χ0) is 38.9. The normalized spacial score (nSPS) is 15.8. The number of alkyl halides is 1. The molecule has 1 aliphatic heterocycles. The second kappa shape index (κ2) is 21.8. The number of anilines is 1. The first-order chi connectivity index (χ1) is 26.2. The van der Waals surface area contributed by atoms with E-state index in [0.29, 0.717) is 17.9 Å². The molecule has 3 aromatic rings. The summed E-state index contributed by atoms with van der Waals surface area (Å²) in [5.74, 6) is -1.97. The van der Waals surface area contributed by atoms with Gasteiger partial charge in [-0.1, -0.05) is 81.1 Å². The first kappa shape index (κ1) is 42.0. The van der Waals surface area contributed by atoms with Crippen molar-refractivity contribution in [1.29, 1.82) is 0 Å². The molecule has 0 bridgehead atoms. The molecule has 54 heavy (non-hydrogen) atoms. The number of para-hydroxylation sites is 1. The van der Waals surface area contributed by atoms with E-state index in [9.17, 15) is 24.0 Å². The average Bonchev–Trinajstić information content (AvgIpc) is 3.40. The maximum atomic E-state index is 14.3. The van der Waals surface area contributed by atoms with Gasteiger partial charge in [-0.25, -0.2) is 9.69 Å². The topological polar surface area (TPSA) is 158 Å². The van der Waals surface area contributed by atoms with Gasteiger partial charge in [-0.3, -0.25) is 24.1 Å². The van der Waals surface area contributed by atoms with Gasteiger partial charge < -0.3 is 25.3 Å². The minimum atomic E-state index is -1.43. The molecular formula is C41H51ClN4O8. The molecule has 0 radical (unpaired) electrons. The van der Waals surface area contributed by atoms with Crippen molar-refractivity contribution in [3.63, 3.8) is 0 Å². The number of nitrogens with one attached hydrogen (secondary N) is 1. The van der Waals surface area contributed by atoms with Crippen LogP contribution in [-0.2, 0) is 30.4 Å². The molecule has 12 nitrogen and oxygen atoms in total. The Morgan fingerprint density at radius 2 is 1.54 bits per heavy atom. The van der Waals surface area contributed by atoms with Crippen LogP contribution in [-0.4, -0.2) is 83.4 Å². The molecule has 0 spiro atoms. The van der Waals surface area contributed by atoms with Crippen molar-refractivity contribution < 1.29 is 38.2 Å². The van der Waals surface area contributed by atoms with Gasteiger partial charge in [-0.15, -0.1) is 11.6 Å². The van der Waals surface area contributed by atoms with E-state index < -0.39 is 59.8 Å². The van der Waals surface area contributed by atoms with Gasteiger partial charge in [-0.2, -0.15) is 0 Å². The molecule has 3 aromatic carbocycles. The highest BCUT2D eigenvalue weighted by atomic mass is 35.5. The molecule has 4 atom stereocenters. The van der Waals surface area contributed by atoms with Crippen molar-refractivity contribution in [2.45, 2.75) is 95.0 Å². The Balaban J connectivity index is 1.57. The van der Waals surface area contributed by atoms with Crippen LogP contribution >= 0.6 is 11.6 Å². The molecular weight excluding hydrogens is 712 g/mol. The van der Waals surface area contributed by atoms with Crippen LogP contribution in [0.2, 0.25) is 0 Å². The number of esters is 1. The summed E-state index contributed by atoms with van der Waals surface area (Å²) in [6.07, 6.45) is 3.28. The lowest BCUT2D eigenvalue weighted by Crippen LogP contribution is -2.51. The fraction of sp³-hybridized carbons (Fsp3) is 0.439. The van der Waals surface area contributed by atoms with Gasteiger partial charge in [0.1, 0.15) is 24.3 Å². The number of benzene rings is 3. The minimum Gasteiger partial charge on any atom is -0.497 e. The molecule has 1 aliphatic rings. The molecule has 0 aliphatic carbocycles. The Kier molecular flexibility index (Phi) is 16.9. The van der Waals surface area contributed by atoms with Crippen LogP contribution in [0.3, 0.4) is 0 Å². The minimum absolute atomic E-state index is 0.00110. The summed E-state index contributed by atoms with van der Waals surface area (Å²) in [5.41, 5.74) is 7.23. The Morgan fingerprint density at radius 3 is 2.19 bits per heavy atom. The monoisotopic (exact) mass is 762 g/mol. The predicted octanol–water partition coefficient (Wildman–Crippen LogP) is 6.70. The maximum absolute atomic E-state index is 14.3. The van der Waals surface area contributed by atoms with Crippen molar-refractivity contribution in [2.24, 2.45) is 5.73 Å². The van der Waals surface area contributed by atoms with Gasteiger partial charge in [0.2, 0.25) is 12.1 Å². The molecule has 1 heterocycles.